The number of aromatic nitrogens is 1. The van der Waals surface area contributed by atoms with Crippen LogP contribution in [0.5, 0.6) is 5.75 Å². The Kier molecular flexibility index (Phi) is 4.82. The van der Waals surface area contributed by atoms with Crippen LogP contribution in [0, 0.1) is 0 Å². The highest BCUT2D eigenvalue weighted by atomic mass is 16.5. The quantitative estimate of drug-likeness (QED) is 0.632. The first-order valence-corrected chi connectivity index (χ1v) is 9.85. The van der Waals surface area contributed by atoms with Crippen molar-refractivity contribution in [3.63, 3.8) is 0 Å². The summed E-state index contributed by atoms with van der Waals surface area (Å²) in [6.07, 6.45) is 5.69. The molecule has 0 aliphatic carbocycles. The van der Waals surface area contributed by atoms with Crippen molar-refractivity contribution in [2.24, 2.45) is 5.73 Å². The maximum atomic E-state index is 12.4. The maximum Gasteiger partial charge on any atom is 0.320 e. The molecule has 0 radical (unpaired) electrons. The first kappa shape index (κ1) is 19.7. The van der Waals surface area contributed by atoms with Crippen LogP contribution < -0.4 is 15.4 Å². The van der Waals surface area contributed by atoms with Gasteiger partial charge in [-0.3, -0.25) is 9.88 Å². The Labute approximate surface area is 176 Å². The first-order valence-electron chi connectivity index (χ1n) is 9.85. The Morgan fingerprint density at radius 1 is 1.03 bits per heavy atom. The van der Waals surface area contributed by atoms with Gasteiger partial charge in [0.2, 0.25) is 0 Å². The number of fused-ring (bicyclic) bond motifs is 1. The van der Waals surface area contributed by atoms with Crippen LogP contribution in [0.1, 0.15) is 26.3 Å². The van der Waals surface area contributed by atoms with Gasteiger partial charge in [0.15, 0.2) is 0 Å². The van der Waals surface area contributed by atoms with Crippen LogP contribution in [-0.2, 0) is 0 Å². The third kappa shape index (κ3) is 3.12. The fourth-order valence-electron chi connectivity index (χ4n) is 4.46. The average molecular weight is 399 g/mol. The number of urea groups is 1. The molecular weight excluding hydrogens is 374 g/mol. The molecule has 5 nitrogen and oxygen atoms in total. The number of ether oxygens (including phenoxy) is 1. The standard InChI is InChI=1S/C25H25N3O2/c1-16-14-25(2,3)28(24(26)29)20-12-11-19(18-9-5-6-10-21(18)30-4)23(22(16)20)17-8-7-13-27-15-17/h5-15H,1-4H3,(H2,26,29). The molecule has 5 heteroatoms. The number of hydrogen-bond acceptors (Lipinski definition) is 3. The molecule has 2 heterocycles. The van der Waals surface area contributed by atoms with Gasteiger partial charge in [-0.2, -0.15) is 0 Å². The van der Waals surface area contributed by atoms with Gasteiger partial charge < -0.3 is 10.5 Å². The van der Waals surface area contributed by atoms with Crippen molar-refractivity contribution in [2.45, 2.75) is 26.3 Å². The lowest BCUT2D eigenvalue weighted by Crippen LogP contribution is -2.51. The minimum absolute atomic E-state index is 0.479. The second-order valence-electron chi connectivity index (χ2n) is 7.98. The van der Waals surface area contributed by atoms with Crippen LogP contribution >= 0.6 is 0 Å². The van der Waals surface area contributed by atoms with E-state index in [2.05, 4.69) is 18.0 Å². The normalized spacial score (nSPS) is 14.7. The van der Waals surface area contributed by atoms with Gasteiger partial charge in [0.25, 0.3) is 0 Å². The molecule has 152 valence electrons. The lowest BCUT2D eigenvalue weighted by atomic mass is 9.81. The number of nitrogens with two attached hydrogens (primary N) is 1. The molecule has 3 aromatic rings. The third-order valence-corrected chi connectivity index (χ3v) is 5.53. The van der Waals surface area contributed by atoms with Crippen LogP contribution in [0.15, 0.2) is 67.0 Å². The monoisotopic (exact) mass is 399 g/mol. The van der Waals surface area contributed by atoms with E-state index in [9.17, 15) is 4.79 Å². The second-order valence-corrected chi connectivity index (χ2v) is 7.98. The van der Waals surface area contributed by atoms with E-state index in [-0.39, 0.29) is 0 Å². The Bertz CT molecular complexity index is 1150. The molecule has 2 amide bonds. The molecule has 2 aromatic carbocycles. The third-order valence-electron chi connectivity index (χ3n) is 5.53. The van der Waals surface area contributed by atoms with E-state index < -0.39 is 11.6 Å². The Hall–Kier alpha value is -3.60. The molecule has 1 aliphatic rings. The number of rotatable bonds is 3. The predicted molar refractivity (Wildman–Crippen MR) is 121 cm³/mol. The Morgan fingerprint density at radius 2 is 1.80 bits per heavy atom. The van der Waals surface area contributed by atoms with Crippen LogP contribution in [0.25, 0.3) is 27.8 Å². The van der Waals surface area contributed by atoms with Crippen molar-refractivity contribution in [3.8, 4) is 28.0 Å². The largest absolute Gasteiger partial charge is 0.496 e. The Morgan fingerprint density at radius 3 is 2.47 bits per heavy atom. The molecule has 0 atom stereocenters. The number of primary amides is 1. The number of pyridine rings is 1. The zero-order valence-electron chi connectivity index (χ0n) is 17.6. The fraction of sp³-hybridized carbons (Fsp3) is 0.200. The number of hydrogen-bond donors (Lipinski definition) is 1. The van der Waals surface area contributed by atoms with Gasteiger partial charge >= 0.3 is 6.03 Å². The van der Waals surface area contributed by atoms with Crippen molar-refractivity contribution in [1.29, 1.82) is 0 Å². The van der Waals surface area contributed by atoms with Crippen LogP contribution in [0.3, 0.4) is 0 Å². The number of nitrogens with zero attached hydrogens (tertiary/aromatic N) is 2. The molecule has 0 bridgehead atoms. The number of para-hydroxylation sites is 1. The fourth-order valence-corrected chi connectivity index (χ4v) is 4.46. The highest BCUT2D eigenvalue weighted by Gasteiger charge is 2.36. The van der Waals surface area contributed by atoms with Gasteiger partial charge in [0.05, 0.1) is 18.3 Å². The van der Waals surface area contributed by atoms with E-state index in [1.54, 1.807) is 18.2 Å². The summed E-state index contributed by atoms with van der Waals surface area (Å²) < 4.78 is 5.64. The van der Waals surface area contributed by atoms with Crippen molar-refractivity contribution in [2.75, 3.05) is 12.0 Å². The molecule has 30 heavy (non-hydrogen) atoms. The van der Waals surface area contributed by atoms with E-state index in [0.717, 1.165) is 44.8 Å². The molecule has 0 spiro atoms. The zero-order valence-corrected chi connectivity index (χ0v) is 17.6. The van der Waals surface area contributed by atoms with E-state index in [1.165, 1.54) is 0 Å². The van der Waals surface area contributed by atoms with Crippen LogP contribution in [-0.4, -0.2) is 23.7 Å². The van der Waals surface area contributed by atoms with Gasteiger partial charge in [-0.15, -0.1) is 0 Å². The highest BCUT2D eigenvalue weighted by Crippen LogP contribution is 2.48. The van der Waals surface area contributed by atoms with Gasteiger partial charge in [-0.1, -0.05) is 36.4 Å². The second kappa shape index (κ2) is 7.34. The number of allylic oxidation sites excluding steroid dienone is 1. The minimum Gasteiger partial charge on any atom is -0.496 e. The highest BCUT2D eigenvalue weighted by molar-refractivity contribution is 6.05. The smallest absolute Gasteiger partial charge is 0.320 e. The SMILES string of the molecule is COc1ccccc1-c1ccc2c(c1-c1cccnc1)C(C)=CC(C)(C)N2C(N)=O. The van der Waals surface area contributed by atoms with Crippen LogP contribution in [0.4, 0.5) is 10.5 Å². The Balaban J connectivity index is 2.12. The number of amides is 2. The molecular formula is C25H25N3O2. The molecule has 1 aliphatic heterocycles. The summed E-state index contributed by atoms with van der Waals surface area (Å²) >= 11 is 0. The molecule has 2 N–H and O–H groups in total. The lowest BCUT2D eigenvalue weighted by Gasteiger charge is -2.41. The van der Waals surface area contributed by atoms with Gasteiger partial charge in [0, 0.05) is 34.6 Å². The van der Waals surface area contributed by atoms with Gasteiger partial charge in [-0.05, 0) is 50.1 Å². The van der Waals surface area contributed by atoms with Gasteiger partial charge in [0.1, 0.15) is 5.75 Å². The van der Waals surface area contributed by atoms with Gasteiger partial charge in [-0.25, -0.2) is 4.79 Å². The van der Waals surface area contributed by atoms with E-state index in [4.69, 9.17) is 10.5 Å². The summed E-state index contributed by atoms with van der Waals surface area (Å²) in [6, 6.07) is 15.4. The van der Waals surface area contributed by atoms with E-state index in [0.29, 0.717) is 0 Å². The molecule has 0 saturated carbocycles. The number of anilines is 1. The van der Waals surface area contributed by atoms with Crippen molar-refractivity contribution in [3.05, 3.63) is 72.6 Å². The minimum atomic E-state index is -0.527. The number of benzene rings is 2. The van der Waals surface area contributed by atoms with Crippen LogP contribution in [0.2, 0.25) is 0 Å². The zero-order chi connectivity index (χ0) is 21.5. The summed E-state index contributed by atoms with van der Waals surface area (Å²) in [4.78, 5) is 18.4. The van der Waals surface area contributed by atoms with Crippen molar-refractivity contribution in [1.82, 2.24) is 4.98 Å². The topological polar surface area (TPSA) is 68.4 Å². The van der Waals surface area contributed by atoms with Crippen molar-refractivity contribution >= 4 is 17.3 Å². The molecule has 0 saturated heterocycles. The summed E-state index contributed by atoms with van der Waals surface area (Å²) in [5.41, 5.74) is 12.1. The molecule has 1 aromatic heterocycles. The molecule has 4 rings (SSSR count). The van der Waals surface area contributed by atoms with E-state index in [1.807, 2.05) is 68.6 Å². The summed E-state index contributed by atoms with van der Waals surface area (Å²) in [5.74, 6) is 0.784. The molecule has 0 unspecified atom stereocenters. The average Bonchev–Trinajstić information content (AvgIpc) is 2.72. The first-order chi connectivity index (χ1) is 14.3. The summed E-state index contributed by atoms with van der Waals surface area (Å²) in [5, 5.41) is 0. The van der Waals surface area contributed by atoms with Crippen molar-refractivity contribution < 1.29 is 9.53 Å². The lowest BCUT2D eigenvalue weighted by molar-refractivity contribution is 0.250. The number of carbonyl (C=O) groups excluding carboxylic acids is 1. The summed E-state index contributed by atoms with van der Waals surface area (Å²) in [7, 11) is 1.67. The summed E-state index contributed by atoms with van der Waals surface area (Å²) in [6.45, 7) is 6.05. The number of carbonyl (C=O) groups is 1. The number of methoxy groups -OCH3 is 1. The maximum absolute atomic E-state index is 12.4. The predicted octanol–water partition coefficient (Wildman–Crippen LogP) is 5.50. The molecule has 0 fully saturated rings. The van der Waals surface area contributed by atoms with E-state index >= 15 is 0 Å².